The zero-order chi connectivity index (χ0) is 15.6. The molecule has 0 aliphatic carbocycles. The molecule has 2 N–H and O–H groups in total. The number of halogens is 1. The van der Waals surface area contributed by atoms with E-state index in [2.05, 4.69) is 20.8 Å². The van der Waals surface area contributed by atoms with Crippen LogP contribution in [0.15, 0.2) is 21.5 Å². The third-order valence-electron chi connectivity index (χ3n) is 3.89. The van der Waals surface area contributed by atoms with Gasteiger partial charge in [-0.1, -0.05) is 15.9 Å². The lowest BCUT2D eigenvalue weighted by atomic mass is 10.1. The molecule has 0 unspecified atom stereocenters. The van der Waals surface area contributed by atoms with E-state index in [0.717, 1.165) is 35.1 Å². The minimum absolute atomic E-state index is 0.324. The van der Waals surface area contributed by atoms with Crippen LogP contribution in [-0.2, 0) is 16.6 Å². The molecule has 1 aromatic rings. The fourth-order valence-corrected chi connectivity index (χ4v) is 4.90. The lowest BCUT2D eigenvalue weighted by molar-refractivity contribution is 0.347. The molecule has 0 amide bonds. The minimum Gasteiger partial charge on any atom is -0.326 e. The summed E-state index contributed by atoms with van der Waals surface area (Å²) in [5.74, 6) is 0. The fraction of sp³-hybridized carbons (Fsp3) is 0.571. The van der Waals surface area contributed by atoms with Crippen LogP contribution in [0.1, 0.15) is 17.5 Å². The van der Waals surface area contributed by atoms with Crippen molar-refractivity contribution in [1.29, 1.82) is 0 Å². The van der Waals surface area contributed by atoms with Gasteiger partial charge in [0.2, 0.25) is 10.0 Å². The van der Waals surface area contributed by atoms with Gasteiger partial charge in [-0.05, 0) is 50.2 Å². The van der Waals surface area contributed by atoms with E-state index in [1.165, 1.54) is 0 Å². The fourth-order valence-electron chi connectivity index (χ4n) is 2.50. The molecule has 21 heavy (non-hydrogen) atoms. The first kappa shape index (κ1) is 16.9. The van der Waals surface area contributed by atoms with Gasteiger partial charge < -0.3 is 10.6 Å². The molecule has 0 spiro atoms. The molecule has 1 heterocycles. The maximum atomic E-state index is 12.9. The Morgan fingerprint density at radius 2 is 1.95 bits per heavy atom. The summed E-state index contributed by atoms with van der Waals surface area (Å²) in [6, 6.07) is 3.58. The van der Waals surface area contributed by atoms with Gasteiger partial charge in [0.25, 0.3) is 0 Å². The molecule has 1 aromatic carbocycles. The topological polar surface area (TPSA) is 66.6 Å². The summed E-state index contributed by atoms with van der Waals surface area (Å²) >= 11 is 3.43. The molecular weight excluding hydrogens is 354 g/mol. The molecule has 118 valence electrons. The summed E-state index contributed by atoms with van der Waals surface area (Å²) < 4.78 is 28.2. The SMILES string of the molecule is Cc1c(Br)cc(CN)cc1S(=O)(=O)N1CCCN(C)CC1. The highest BCUT2D eigenvalue weighted by Gasteiger charge is 2.28. The van der Waals surface area contributed by atoms with Crippen LogP contribution in [0, 0.1) is 6.92 Å². The second-order valence-electron chi connectivity index (χ2n) is 5.47. The average molecular weight is 376 g/mol. The van der Waals surface area contributed by atoms with Crippen molar-refractivity contribution in [3.05, 3.63) is 27.7 Å². The molecule has 0 radical (unpaired) electrons. The van der Waals surface area contributed by atoms with Gasteiger partial charge in [-0.3, -0.25) is 0 Å². The van der Waals surface area contributed by atoms with Gasteiger partial charge in [-0.25, -0.2) is 8.42 Å². The zero-order valence-corrected chi connectivity index (χ0v) is 14.9. The van der Waals surface area contributed by atoms with Crippen molar-refractivity contribution in [2.75, 3.05) is 33.2 Å². The molecule has 2 rings (SSSR count). The van der Waals surface area contributed by atoms with E-state index in [4.69, 9.17) is 5.73 Å². The summed E-state index contributed by atoms with van der Waals surface area (Å²) in [6.07, 6.45) is 0.854. The first-order valence-electron chi connectivity index (χ1n) is 7.04. The Balaban J connectivity index is 2.41. The Bertz CT molecular complexity index is 619. The highest BCUT2D eigenvalue weighted by molar-refractivity contribution is 9.10. The molecule has 0 bridgehead atoms. The lowest BCUT2D eigenvalue weighted by Crippen LogP contribution is -2.35. The molecule has 0 atom stereocenters. The van der Waals surface area contributed by atoms with Crippen LogP contribution in [0.25, 0.3) is 0 Å². The van der Waals surface area contributed by atoms with Gasteiger partial charge in [0, 0.05) is 30.7 Å². The number of sulfonamides is 1. The van der Waals surface area contributed by atoms with E-state index in [0.29, 0.717) is 24.5 Å². The van der Waals surface area contributed by atoms with Crippen molar-refractivity contribution in [2.24, 2.45) is 5.73 Å². The average Bonchev–Trinajstić information content (AvgIpc) is 2.66. The highest BCUT2D eigenvalue weighted by Crippen LogP contribution is 2.28. The lowest BCUT2D eigenvalue weighted by Gasteiger charge is -2.22. The second-order valence-corrected chi connectivity index (χ2v) is 8.23. The van der Waals surface area contributed by atoms with Gasteiger partial charge in [-0.2, -0.15) is 4.31 Å². The highest BCUT2D eigenvalue weighted by atomic mass is 79.9. The van der Waals surface area contributed by atoms with Gasteiger partial charge in [-0.15, -0.1) is 0 Å². The number of rotatable bonds is 3. The van der Waals surface area contributed by atoms with Crippen LogP contribution in [0.2, 0.25) is 0 Å². The number of hydrogen-bond acceptors (Lipinski definition) is 4. The van der Waals surface area contributed by atoms with Crippen molar-refractivity contribution in [2.45, 2.75) is 24.8 Å². The van der Waals surface area contributed by atoms with Gasteiger partial charge >= 0.3 is 0 Å². The van der Waals surface area contributed by atoms with Gasteiger partial charge in [0.15, 0.2) is 0 Å². The monoisotopic (exact) mass is 375 g/mol. The van der Waals surface area contributed by atoms with Crippen molar-refractivity contribution in [3.63, 3.8) is 0 Å². The molecule has 1 aliphatic heterocycles. The van der Waals surface area contributed by atoms with Gasteiger partial charge in [0.05, 0.1) is 4.90 Å². The maximum absolute atomic E-state index is 12.9. The van der Waals surface area contributed by atoms with Crippen LogP contribution in [-0.4, -0.2) is 50.8 Å². The van der Waals surface area contributed by atoms with Crippen molar-refractivity contribution >= 4 is 26.0 Å². The summed E-state index contributed by atoms with van der Waals surface area (Å²) in [7, 11) is -1.45. The maximum Gasteiger partial charge on any atom is 0.243 e. The summed E-state index contributed by atoms with van der Waals surface area (Å²) in [5, 5.41) is 0. The predicted molar refractivity (Wildman–Crippen MR) is 87.6 cm³/mol. The summed E-state index contributed by atoms with van der Waals surface area (Å²) in [5.41, 5.74) is 7.22. The second kappa shape index (κ2) is 6.75. The number of likely N-dealkylation sites (N-methyl/N-ethyl adjacent to an activating group) is 1. The quantitative estimate of drug-likeness (QED) is 0.869. The predicted octanol–water partition coefficient (Wildman–Crippen LogP) is 1.54. The molecule has 5 nitrogen and oxygen atoms in total. The summed E-state index contributed by atoms with van der Waals surface area (Å²) in [4.78, 5) is 2.52. The Morgan fingerprint density at radius 1 is 1.24 bits per heavy atom. The molecule has 1 fully saturated rings. The van der Waals surface area contributed by atoms with Crippen LogP contribution in [0.5, 0.6) is 0 Å². The first-order chi connectivity index (χ1) is 9.86. The number of nitrogens with zero attached hydrogens (tertiary/aromatic N) is 2. The molecule has 1 saturated heterocycles. The minimum atomic E-state index is -3.47. The van der Waals surface area contributed by atoms with E-state index in [1.807, 2.05) is 20.0 Å². The van der Waals surface area contributed by atoms with Gasteiger partial charge in [0.1, 0.15) is 0 Å². The van der Waals surface area contributed by atoms with E-state index in [9.17, 15) is 8.42 Å². The van der Waals surface area contributed by atoms with Crippen LogP contribution in [0.4, 0.5) is 0 Å². The smallest absolute Gasteiger partial charge is 0.243 e. The van der Waals surface area contributed by atoms with Crippen LogP contribution in [0.3, 0.4) is 0 Å². The Hall–Kier alpha value is -0.470. The Kier molecular flexibility index (Phi) is 5.43. The van der Waals surface area contributed by atoms with E-state index >= 15 is 0 Å². The van der Waals surface area contributed by atoms with E-state index in [-0.39, 0.29) is 0 Å². The molecular formula is C14H22BrN3O2S. The third-order valence-corrected chi connectivity index (χ3v) is 6.74. The first-order valence-corrected chi connectivity index (χ1v) is 9.27. The largest absolute Gasteiger partial charge is 0.326 e. The van der Waals surface area contributed by atoms with Crippen molar-refractivity contribution in [1.82, 2.24) is 9.21 Å². The standard InChI is InChI=1S/C14H22BrN3O2S/c1-11-13(15)8-12(10-16)9-14(11)21(19,20)18-5-3-4-17(2)6-7-18/h8-9H,3-7,10,16H2,1-2H3. The molecule has 0 aromatic heterocycles. The molecule has 0 saturated carbocycles. The third kappa shape index (κ3) is 3.65. The molecule has 7 heteroatoms. The number of hydrogen-bond donors (Lipinski definition) is 1. The Morgan fingerprint density at radius 3 is 2.62 bits per heavy atom. The normalized spacial score (nSPS) is 18.7. The number of nitrogens with two attached hydrogens (primary N) is 1. The Labute approximate surface area is 135 Å². The van der Waals surface area contributed by atoms with E-state index in [1.54, 1.807) is 10.4 Å². The number of benzene rings is 1. The van der Waals surface area contributed by atoms with Crippen LogP contribution < -0.4 is 5.73 Å². The van der Waals surface area contributed by atoms with Crippen molar-refractivity contribution < 1.29 is 8.42 Å². The summed E-state index contributed by atoms with van der Waals surface area (Å²) in [6.45, 7) is 4.93. The van der Waals surface area contributed by atoms with Crippen molar-refractivity contribution in [3.8, 4) is 0 Å². The van der Waals surface area contributed by atoms with E-state index < -0.39 is 10.0 Å². The molecule has 1 aliphatic rings. The van der Waals surface area contributed by atoms with Crippen LogP contribution >= 0.6 is 15.9 Å². The zero-order valence-electron chi connectivity index (χ0n) is 12.5.